The van der Waals surface area contributed by atoms with E-state index in [1.54, 1.807) is 0 Å². The molecule has 0 bridgehead atoms. The molecule has 1 aromatic rings. The Morgan fingerprint density at radius 1 is 1.50 bits per heavy atom. The van der Waals surface area contributed by atoms with E-state index in [-0.39, 0.29) is 0 Å². The van der Waals surface area contributed by atoms with Crippen molar-refractivity contribution in [3.8, 4) is 0 Å². The second-order valence-corrected chi connectivity index (χ2v) is 7.28. The molecule has 0 radical (unpaired) electrons. The van der Waals surface area contributed by atoms with Gasteiger partial charge in [-0.1, -0.05) is 12.1 Å². The highest BCUT2D eigenvalue weighted by molar-refractivity contribution is 7.90. The van der Waals surface area contributed by atoms with Crippen molar-refractivity contribution in [2.45, 2.75) is 43.8 Å². The van der Waals surface area contributed by atoms with Crippen molar-refractivity contribution < 1.29 is 9.35 Å². The number of nitrogens with two attached hydrogens (primary N) is 1. The highest BCUT2D eigenvalue weighted by atomic mass is 32.2. The van der Waals surface area contributed by atoms with Gasteiger partial charge in [-0.25, -0.2) is 0 Å². The van der Waals surface area contributed by atoms with Gasteiger partial charge in [0.2, 0.25) is 0 Å². The molecule has 1 aliphatic carbocycles. The normalized spacial score (nSPS) is 17.6. The Bertz CT molecular complexity index is 453. The fourth-order valence-corrected chi connectivity index (χ4v) is 2.47. The first kappa shape index (κ1) is 13.6. The highest BCUT2D eigenvalue weighted by Gasteiger charge is 2.33. The van der Waals surface area contributed by atoms with E-state index in [0.29, 0.717) is 17.9 Å². The molecule has 2 N–H and O–H groups in total. The Labute approximate surface area is 111 Å². The molecular weight excluding hydrogens is 246 g/mol. The minimum absolute atomic E-state index is 0.467. The zero-order valence-corrected chi connectivity index (χ0v) is 11.6. The summed E-state index contributed by atoms with van der Waals surface area (Å²) in [6.07, 6.45) is 3.91. The number of aldehydes is 1. The van der Waals surface area contributed by atoms with E-state index >= 15 is 0 Å². The third-order valence-corrected chi connectivity index (χ3v) is 4.71. The van der Waals surface area contributed by atoms with Crippen LogP contribution in [0.1, 0.15) is 54.1 Å². The molecule has 3 nitrogen and oxygen atoms in total. The van der Waals surface area contributed by atoms with Crippen LogP contribution in [0.25, 0.3) is 0 Å². The van der Waals surface area contributed by atoms with Crippen LogP contribution in [-0.2, 0) is 17.8 Å². The summed E-state index contributed by atoms with van der Waals surface area (Å²) in [6.45, 7) is 3.79. The maximum atomic E-state index is 11.5. The van der Waals surface area contributed by atoms with Crippen molar-refractivity contribution >= 4 is 17.6 Å². The van der Waals surface area contributed by atoms with Crippen LogP contribution < -0.4 is 5.14 Å². The second-order valence-electron chi connectivity index (χ2n) is 5.58. The number of carbonyl (C=O) groups is 1. The predicted octanol–water partition coefficient (Wildman–Crippen LogP) is 2.32. The number of rotatable bonds is 5. The quantitative estimate of drug-likeness (QED) is 0.656. The lowest BCUT2D eigenvalue weighted by Gasteiger charge is -2.25. The van der Waals surface area contributed by atoms with Crippen molar-refractivity contribution in [3.63, 3.8) is 0 Å². The molecule has 0 aliphatic heterocycles. The molecule has 18 heavy (non-hydrogen) atoms. The van der Waals surface area contributed by atoms with E-state index < -0.39 is 16.1 Å². The minimum atomic E-state index is -1.37. The average molecular weight is 265 g/mol. The molecule has 1 atom stereocenters. The lowest BCUT2D eigenvalue weighted by molar-refractivity contribution is 0.112. The number of hydrogen-bond donors (Lipinski definition) is 1. The Balaban J connectivity index is 2.31. The van der Waals surface area contributed by atoms with E-state index in [2.05, 4.69) is 0 Å². The van der Waals surface area contributed by atoms with E-state index in [0.717, 1.165) is 11.8 Å². The van der Waals surface area contributed by atoms with Crippen LogP contribution in [0, 0.1) is 0 Å². The molecule has 0 spiro atoms. The van der Waals surface area contributed by atoms with Crippen LogP contribution in [0.4, 0.5) is 0 Å². The summed E-state index contributed by atoms with van der Waals surface area (Å²) >= 11 is -1.37. The summed E-state index contributed by atoms with van der Waals surface area (Å²) in [6, 6.07) is 5.80. The lowest BCUT2D eigenvalue weighted by Crippen LogP contribution is -2.39. The van der Waals surface area contributed by atoms with Gasteiger partial charge in [0, 0.05) is 23.3 Å². The zero-order valence-electron chi connectivity index (χ0n) is 10.8. The van der Waals surface area contributed by atoms with Crippen LogP contribution >= 0.6 is 0 Å². The molecule has 0 aromatic heterocycles. The van der Waals surface area contributed by atoms with E-state index in [1.807, 2.05) is 32.0 Å². The molecular formula is C14H19NO2S. The number of hydrogen-bond acceptors (Lipinski definition) is 3. The highest BCUT2D eigenvalue weighted by Crippen LogP contribution is 2.42. The van der Waals surface area contributed by atoms with Gasteiger partial charge in [0.1, 0.15) is 11.0 Å². The van der Waals surface area contributed by atoms with Crippen molar-refractivity contribution in [2.24, 2.45) is 5.14 Å². The molecule has 1 fully saturated rings. The minimum Gasteiger partial charge on any atom is -0.598 e. The molecule has 2 rings (SSSR count). The van der Waals surface area contributed by atoms with Crippen LogP contribution in [0.5, 0.6) is 0 Å². The van der Waals surface area contributed by atoms with Crippen LogP contribution in [0.2, 0.25) is 0 Å². The van der Waals surface area contributed by atoms with Crippen molar-refractivity contribution in [2.75, 3.05) is 0 Å². The fourth-order valence-electron chi connectivity index (χ4n) is 2.17. The average Bonchev–Trinajstić information content (AvgIpc) is 3.12. The first-order valence-electron chi connectivity index (χ1n) is 6.18. The van der Waals surface area contributed by atoms with Crippen molar-refractivity contribution in [1.29, 1.82) is 0 Å². The van der Waals surface area contributed by atoms with Gasteiger partial charge in [0.15, 0.2) is 0 Å². The van der Waals surface area contributed by atoms with E-state index in [1.165, 1.54) is 18.4 Å². The third kappa shape index (κ3) is 2.94. The molecule has 1 unspecified atom stereocenters. The van der Waals surface area contributed by atoms with Crippen LogP contribution in [0.3, 0.4) is 0 Å². The fraction of sp³-hybridized carbons (Fsp3) is 0.500. The summed E-state index contributed by atoms with van der Waals surface area (Å²) in [5, 5.41) is 5.53. The summed E-state index contributed by atoms with van der Waals surface area (Å²) in [5.74, 6) is 0.614. The molecule has 0 saturated heterocycles. The first-order valence-corrected chi connectivity index (χ1v) is 7.39. The van der Waals surface area contributed by atoms with Gasteiger partial charge in [-0.3, -0.25) is 4.79 Å². The van der Waals surface area contributed by atoms with Gasteiger partial charge in [-0.15, -0.1) is 0 Å². The van der Waals surface area contributed by atoms with E-state index in [4.69, 9.17) is 5.14 Å². The van der Waals surface area contributed by atoms with Gasteiger partial charge in [0.25, 0.3) is 0 Å². The van der Waals surface area contributed by atoms with Gasteiger partial charge < -0.3 is 4.55 Å². The molecule has 4 heteroatoms. The second kappa shape index (κ2) is 5.03. The maximum absolute atomic E-state index is 11.5. The third-order valence-electron chi connectivity index (χ3n) is 3.48. The van der Waals surface area contributed by atoms with Crippen molar-refractivity contribution in [3.05, 3.63) is 34.9 Å². The van der Waals surface area contributed by atoms with Gasteiger partial charge in [0.05, 0.1) is 0 Å². The Morgan fingerprint density at radius 2 is 2.17 bits per heavy atom. The maximum Gasteiger partial charge on any atom is 0.150 e. The standard InChI is InChI=1S/C14H19NO2S/c1-14(2,18(15)17)8-12-7-10(9-16)3-6-13(12)11-4-5-11/h3,6-7,9,11H,4-5,8,15H2,1-2H3. The monoisotopic (exact) mass is 265 g/mol. The molecule has 0 heterocycles. The lowest BCUT2D eigenvalue weighted by atomic mass is 9.93. The van der Waals surface area contributed by atoms with Gasteiger partial charge in [-0.2, -0.15) is 5.14 Å². The van der Waals surface area contributed by atoms with Crippen molar-refractivity contribution in [1.82, 2.24) is 0 Å². The van der Waals surface area contributed by atoms with Crippen LogP contribution in [-0.4, -0.2) is 15.6 Å². The van der Waals surface area contributed by atoms with Gasteiger partial charge in [-0.05, 0) is 49.8 Å². The largest absolute Gasteiger partial charge is 0.598 e. The Morgan fingerprint density at radius 3 is 2.67 bits per heavy atom. The molecule has 98 valence electrons. The summed E-state index contributed by atoms with van der Waals surface area (Å²) < 4.78 is 11.1. The molecule has 0 amide bonds. The summed E-state index contributed by atoms with van der Waals surface area (Å²) in [7, 11) is 0. The summed E-state index contributed by atoms with van der Waals surface area (Å²) in [4.78, 5) is 10.9. The SMILES string of the molecule is CC(C)(Cc1cc(C=O)ccc1C1CC1)[S+](N)[O-]. The Kier molecular flexibility index (Phi) is 3.80. The topological polar surface area (TPSA) is 66.2 Å². The number of carbonyl (C=O) groups excluding carboxylic acids is 1. The zero-order chi connectivity index (χ0) is 13.3. The molecule has 1 saturated carbocycles. The van der Waals surface area contributed by atoms with E-state index in [9.17, 15) is 9.35 Å². The molecule has 1 aliphatic rings. The van der Waals surface area contributed by atoms with Gasteiger partial charge >= 0.3 is 0 Å². The summed E-state index contributed by atoms with van der Waals surface area (Å²) in [5.41, 5.74) is 3.08. The van der Waals surface area contributed by atoms with Crippen LogP contribution in [0.15, 0.2) is 18.2 Å². The predicted molar refractivity (Wildman–Crippen MR) is 73.9 cm³/mol. The number of benzene rings is 1. The molecule has 1 aromatic carbocycles. The smallest absolute Gasteiger partial charge is 0.150 e. The first-order chi connectivity index (χ1) is 8.44. The Hall–Kier alpha value is -0.840.